The Hall–Kier alpha value is -0.390. The first kappa shape index (κ1) is 14.0. The van der Waals surface area contributed by atoms with E-state index < -0.39 is 0 Å². The molecule has 3 nitrogen and oxygen atoms in total. The highest BCUT2D eigenvalue weighted by Gasteiger charge is 2.47. The number of ketones is 1. The average Bonchev–Trinajstić information content (AvgIpc) is 2.23. The minimum atomic E-state index is -0.219. The molecule has 2 aliphatic carbocycles. The van der Waals surface area contributed by atoms with E-state index in [-0.39, 0.29) is 23.3 Å². The zero-order valence-corrected chi connectivity index (χ0v) is 13.2. The van der Waals surface area contributed by atoms with E-state index in [0.717, 1.165) is 16.4 Å². The van der Waals surface area contributed by atoms with Crippen molar-refractivity contribution in [2.24, 2.45) is 17.3 Å². The maximum Gasteiger partial charge on any atom is 0.302 e. The molecule has 0 bridgehead atoms. The van der Waals surface area contributed by atoms with E-state index >= 15 is 0 Å². The Balaban J connectivity index is 2.22. The van der Waals surface area contributed by atoms with Crippen LogP contribution in [0.15, 0.2) is 9.66 Å². The van der Waals surface area contributed by atoms with Crippen molar-refractivity contribution < 1.29 is 14.3 Å². The Labute approximate surface area is 121 Å². The molecule has 0 unspecified atom stereocenters. The first-order valence-electron chi connectivity index (χ1n) is 6.41. The first-order chi connectivity index (χ1) is 8.33. The van der Waals surface area contributed by atoms with E-state index in [1.165, 1.54) is 6.92 Å². The van der Waals surface area contributed by atoms with Crippen molar-refractivity contribution in [3.8, 4) is 0 Å². The van der Waals surface area contributed by atoms with Gasteiger partial charge in [-0.1, -0.05) is 19.9 Å². The van der Waals surface area contributed by atoms with Gasteiger partial charge in [-0.05, 0) is 52.7 Å². The van der Waals surface area contributed by atoms with Gasteiger partial charge in [-0.25, -0.2) is 0 Å². The van der Waals surface area contributed by atoms with Crippen molar-refractivity contribution in [1.82, 2.24) is 0 Å². The van der Waals surface area contributed by atoms with Crippen LogP contribution in [0.5, 0.6) is 0 Å². The highest BCUT2D eigenvalue weighted by Crippen LogP contribution is 2.52. The van der Waals surface area contributed by atoms with Gasteiger partial charge < -0.3 is 4.74 Å². The molecule has 0 aromatic heterocycles. The lowest BCUT2D eigenvalue weighted by Crippen LogP contribution is -2.45. The molecule has 0 heterocycles. The van der Waals surface area contributed by atoms with Gasteiger partial charge in [0.05, 0.1) is 3.58 Å². The number of esters is 1. The summed E-state index contributed by atoms with van der Waals surface area (Å²) in [4.78, 5) is 22.9. The number of carbonyl (C=O) groups excluding carboxylic acids is 2. The Bertz CT molecular complexity index is 415. The standard InChI is InChI=1S/C14H19IO3/c1-8-4-11(18-9(2)16)5-10-6-13(17)12(15)7-14(8,10)3/h7-8,10-11H,4-6H2,1-3H3/t8-,10+,11+,14+/m0/s1. The third-order valence-electron chi connectivity index (χ3n) is 4.57. The third-order valence-corrected chi connectivity index (χ3v) is 5.49. The molecule has 4 atom stereocenters. The Kier molecular flexibility index (Phi) is 3.85. The third kappa shape index (κ3) is 2.49. The van der Waals surface area contributed by atoms with Crippen LogP contribution in [0.1, 0.15) is 40.0 Å². The molecule has 0 N–H and O–H groups in total. The van der Waals surface area contributed by atoms with E-state index in [1.807, 2.05) is 0 Å². The van der Waals surface area contributed by atoms with Crippen molar-refractivity contribution in [2.45, 2.75) is 46.1 Å². The number of hydrogen-bond acceptors (Lipinski definition) is 3. The second-order valence-corrected chi connectivity index (χ2v) is 6.95. The lowest BCUT2D eigenvalue weighted by atomic mass is 9.58. The van der Waals surface area contributed by atoms with E-state index in [9.17, 15) is 9.59 Å². The lowest BCUT2D eigenvalue weighted by Gasteiger charge is -2.48. The summed E-state index contributed by atoms with van der Waals surface area (Å²) in [5.41, 5.74) is 0.0705. The molecule has 100 valence electrons. The molecule has 0 aromatic carbocycles. The summed E-state index contributed by atoms with van der Waals surface area (Å²) in [5.74, 6) is 0.742. The van der Waals surface area contributed by atoms with Gasteiger partial charge in [0, 0.05) is 13.3 Å². The Morgan fingerprint density at radius 3 is 2.78 bits per heavy atom. The molecular formula is C14H19IO3. The van der Waals surface area contributed by atoms with Crippen LogP contribution >= 0.6 is 22.6 Å². The van der Waals surface area contributed by atoms with Crippen LogP contribution in [0.3, 0.4) is 0 Å². The van der Waals surface area contributed by atoms with Gasteiger partial charge in [-0.3, -0.25) is 9.59 Å². The molecule has 0 amide bonds. The maximum absolute atomic E-state index is 11.8. The van der Waals surface area contributed by atoms with Crippen LogP contribution < -0.4 is 0 Å². The molecule has 0 saturated heterocycles. The topological polar surface area (TPSA) is 43.4 Å². The van der Waals surface area contributed by atoms with Gasteiger partial charge in [-0.15, -0.1) is 0 Å². The van der Waals surface area contributed by atoms with E-state index in [1.54, 1.807) is 0 Å². The van der Waals surface area contributed by atoms with Crippen molar-refractivity contribution in [3.63, 3.8) is 0 Å². The summed E-state index contributed by atoms with van der Waals surface area (Å²) in [6.07, 6.45) is 4.41. The lowest BCUT2D eigenvalue weighted by molar-refractivity contribution is -0.152. The van der Waals surface area contributed by atoms with Crippen LogP contribution in [0.25, 0.3) is 0 Å². The quantitative estimate of drug-likeness (QED) is 0.531. The Morgan fingerprint density at radius 2 is 2.17 bits per heavy atom. The predicted octanol–water partition coefficient (Wildman–Crippen LogP) is 3.26. The number of rotatable bonds is 1. The molecular weight excluding hydrogens is 343 g/mol. The fourth-order valence-corrected chi connectivity index (χ4v) is 4.18. The summed E-state index contributed by atoms with van der Waals surface area (Å²) in [5, 5.41) is 0. The number of allylic oxidation sites excluding steroid dienone is 2. The van der Waals surface area contributed by atoms with Crippen molar-refractivity contribution in [1.29, 1.82) is 0 Å². The van der Waals surface area contributed by atoms with Gasteiger partial charge in [0.2, 0.25) is 0 Å². The number of ether oxygens (including phenoxy) is 1. The largest absolute Gasteiger partial charge is 0.463 e. The number of fused-ring (bicyclic) bond motifs is 1. The van der Waals surface area contributed by atoms with Gasteiger partial charge in [0.25, 0.3) is 0 Å². The van der Waals surface area contributed by atoms with Crippen molar-refractivity contribution >= 4 is 34.3 Å². The number of Topliss-reactive ketones (excluding diaryl/α,β-unsaturated/α-hetero) is 1. The molecule has 4 heteroatoms. The molecule has 2 aliphatic rings. The molecule has 2 rings (SSSR count). The van der Waals surface area contributed by atoms with E-state index in [2.05, 4.69) is 42.5 Å². The second kappa shape index (κ2) is 4.94. The molecule has 0 aromatic rings. The van der Waals surface area contributed by atoms with Crippen LogP contribution in [0, 0.1) is 17.3 Å². The number of halogens is 1. The van der Waals surface area contributed by atoms with Gasteiger partial charge >= 0.3 is 5.97 Å². The summed E-state index contributed by atoms with van der Waals surface area (Å²) in [6, 6.07) is 0. The van der Waals surface area contributed by atoms with E-state index in [4.69, 9.17) is 4.74 Å². The van der Waals surface area contributed by atoms with Gasteiger partial charge in [0.1, 0.15) is 6.10 Å². The van der Waals surface area contributed by atoms with Gasteiger partial charge in [0.15, 0.2) is 5.78 Å². The summed E-state index contributed by atoms with van der Waals surface area (Å²) in [6.45, 7) is 5.88. The summed E-state index contributed by atoms with van der Waals surface area (Å²) >= 11 is 2.14. The highest BCUT2D eigenvalue weighted by molar-refractivity contribution is 14.1. The van der Waals surface area contributed by atoms with Gasteiger partial charge in [-0.2, -0.15) is 0 Å². The first-order valence-corrected chi connectivity index (χ1v) is 7.49. The van der Waals surface area contributed by atoms with E-state index in [0.29, 0.717) is 18.3 Å². The zero-order chi connectivity index (χ0) is 13.5. The molecule has 0 aliphatic heterocycles. The molecule has 0 radical (unpaired) electrons. The molecule has 1 saturated carbocycles. The normalized spacial score (nSPS) is 39.9. The van der Waals surface area contributed by atoms with Crippen molar-refractivity contribution in [3.05, 3.63) is 9.66 Å². The number of carbonyl (C=O) groups is 2. The van der Waals surface area contributed by atoms with Crippen molar-refractivity contribution in [2.75, 3.05) is 0 Å². The average molecular weight is 362 g/mol. The fraction of sp³-hybridized carbons (Fsp3) is 0.714. The highest BCUT2D eigenvalue weighted by atomic mass is 127. The minimum Gasteiger partial charge on any atom is -0.463 e. The van der Waals surface area contributed by atoms with Crippen LogP contribution in [-0.2, 0) is 14.3 Å². The molecule has 1 fully saturated rings. The monoisotopic (exact) mass is 362 g/mol. The van der Waals surface area contributed by atoms with Crippen LogP contribution in [-0.4, -0.2) is 17.9 Å². The molecule has 18 heavy (non-hydrogen) atoms. The van der Waals surface area contributed by atoms with Crippen LogP contribution in [0.4, 0.5) is 0 Å². The molecule has 0 spiro atoms. The summed E-state index contributed by atoms with van der Waals surface area (Å²) in [7, 11) is 0. The van der Waals surface area contributed by atoms with Crippen LogP contribution in [0.2, 0.25) is 0 Å². The number of hydrogen-bond donors (Lipinski definition) is 0. The Morgan fingerprint density at radius 1 is 1.50 bits per heavy atom. The summed E-state index contributed by atoms with van der Waals surface area (Å²) < 4.78 is 6.21. The maximum atomic E-state index is 11.8. The minimum absolute atomic E-state index is 0.0208. The zero-order valence-electron chi connectivity index (χ0n) is 11.0. The predicted molar refractivity (Wildman–Crippen MR) is 77.3 cm³/mol. The second-order valence-electron chi connectivity index (χ2n) is 5.79. The smallest absolute Gasteiger partial charge is 0.302 e. The SMILES string of the molecule is CC(=O)O[C@H]1C[C@@H]2CC(=O)C(I)=C[C@]2(C)[C@@H](C)C1. The fourth-order valence-electron chi connectivity index (χ4n) is 3.29.